The van der Waals surface area contributed by atoms with Crippen molar-refractivity contribution in [2.24, 2.45) is 0 Å². The average molecular weight is 436 g/mol. The highest BCUT2D eigenvalue weighted by Crippen LogP contribution is 2.30. The Bertz CT molecular complexity index is 928. The lowest BCUT2D eigenvalue weighted by Gasteiger charge is -2.33. The molecule has 31 heavy (non-hydrogen) atoms. The molecule has 0 aromatic heterocycles. The highest BCUT2D eigenvalue weighted by atomic mass is 32.1. The van der Waals surface area contributed by atoms with Gasteiger partial charge >= 0.3 is 0 Å². The molecule has 162 valence electrons. The van der Waals surface area contributed by atoms with Crippen LogP contribution in [-0.2, 0) is 0 Å². The van der Waals surface area contributed by atoms with E-state index in [2.05, 4.69) is 66.2 Å². The summed E-state index contributed by atoms with van der Waals surface area (Å²) in [5, 5.41) is 11.0. The van der Waals surface area contributed by atoms with Crippen LogP contribution in [0.1, 0.15) is 49.9 Å². The maximum absolute atomic E-state index is 13.3. The zero-order valence-electron chi connectivity index (χ0n) is 18.0. The molecule has 3 rings (SSSR count). The molecule has 0 amide bonds. The minimum atomic E-state index is -0.273. The Balaban J connectivity index is 1.91. The second-order valence-electron chi connectivity index (χ2n) is 7.56. The first kappa shape index (κ1) is 22.9. The smallest absolute Gasteiger partial charge is 0.171 e. The normalized spacial score (nSPS) is 12.9. The third-order valence-corrected chi connectivity index (χ3v) is 5.66. The van der Waals surface area contributed by atoms with E-state index in [1.165, 1.54) is 17.7 Å². The van der Waals surface area contributed by atoms with Gasteiger partial charge in [0.05, 0.1) is 12.1 Å². The van der Waals surface area contributed by atoms with Gasteiger partial charge in [-0.05, 0) is 60.5 Å². The van der Waals surface area contributed by atoms with E-state index in [-0.39, 0.29) is 17.9 Å². The van der Waals surface area contributed by atoms with Crippen LogP contribution in [0.2, 0.25) is 0 Å². The second kappa shape index (κ2) is 11.6. The quantitative estimate of drug-likeness (QED) is 0.341. The summed E-state index contributed by atoms with van der Waals surface area (Å²) in [6.07, 6.45) is 2.08. The fourth-order valence-corrected chi connectivity index (χ4v) is 3.93. The molecule has 2 atom stereocenters. The van der Waals surface area contributed by atoms with E-state index in [1.807, 2.05) is 24.3 Å². The topological polar surface area (TPSA) is 36.1 Å². The molecule has 0 aliphatic heterocycles. The summed E-state index contributed by atoms with van der Waals surface area (Å²) in [6.45, 7) is 4.41. The molecule has 0 fully saturated rings. The van der Waals surface area contributed by atoms with Crippen molar-refractivity contribution in [3.63, 3.8) is 0 Å². The lowest BCUT2D eigenvalue weighted by molar-refractivity contribution is 0.357. The molecule has 5 heteroatoms. The van der Waals surface area contributed by atoms with Crippen molar-refractivity contribution >= 4 is 23.0 Å². The zero-order valence-corrected chi connectivity index (χ0v) is 18.8. The first-order valence-electron chi connectivity index (χ1n) is 10.8. The summed E-state index contributed by atoms with van der Waals surface area (Å²) in [7, 11) is 0. The minimum Gasteiger partial charge on any atom is -0.354 e. The molecule has 0 aliphatic rings. The standard InChI is InChI=1S/C26H30FN3S/c1-3-22(4-2)28-24(19-11-7-5-8-12-19)25(20-13-9-6-10-14-20)30-26(31)29-23-17-15-21(27)16-18-23/h5-18,22,24-25,28H,3-4H2,1-2H3,(H2,29,30,31). The van der Waals surface area contributed by atoms with E-state index in [9.17, 15) is 4.39 Å². The number of hydrogen-bond donors (Lipinski definition) is 3. The summed E-state index contributed by atoms with van der Waals surface area (Å²) < 4.78 is 13.3. The van der Waals surface area contributed by atoms with Crippen molar-refractivity contribution in [2.75, 3.05) is 5.32 Å². The van der Waals surface area contributed by atoms with Gasteiger partial charge in [-0.2, -0.15) is 0 Å². The van der Waals surface area contributed by atoms with Gasteiger partial charge in [-0.15, -0.1) is 0 Å². The molecular weight excluding hydrogens is 405 g/mol. The molecule has 3 N–H and O–H groups in total. The molecule has 0 bridgehead atoms. The Morgan fingerprint density at radius 3 is 1.81 bits per heavy atom. The molecule has 3 aromatic carbocycles. The van der Waals surface area contributed by atoms with Crippen LogP contribution < -0.4 is 16.0 Å². The Kier molecular flexibility index (Phi) is 8.56. The number of hydrogen-bond acceptors (Lipinski definition) is 2. The Morgan fingerprint density at radius 2 is 1.29 bits per heavy atom. The Morgan fingerprint density at radius 1 is 0.774 bits per heavy atom. The van der Waals surface area contributed by atoms with Gasteiger partial charge < -0.3 is 16.0 Å². The maximum atomic E-state index is 13.3. The number of nitrogens with one attached hydrogen (secondary N) is 3. The molecule has 0 aliphatic carbocycles. The summed E-state index contributed by atoms with van der Waals surface area (Å²) in [6, 6.07) is 27.3. The predicted molar refractivity (Wildman–Crippen MR) is 132 cm³/mol. The molecule has 0 heterocycles. The number of rotatable bonds is 9. The first-order chi connectivity index (χ1) is 15.1. The van der Waals surface area contributed by atoms with Gasteiger partial charge in [-0.25, -0.2) is 4.39 Å². The van der Waals surface area contributed by atoms with Crippen molar-refractivity contribution in [3.8, 4) is 0 Å². The summed E-state index contributed by atoms with van der Waals surface area (Å²) in [5.41, 5.74) is 3.08. The van der Waals surface area contributed by atoms with Gasteiger partial charge in [-0.1, -0.05) is 74.5 Å². The third-order valence-electron chi connectivity index (χ3n) is 5.44. The van der Waals surface area contributed by atoms with Crippen LogP contribution in [0.5, 0.6) is 0 Å². The van der Waals surface area contributed by atoms with E-state index in [1.54, 1.807) is 12.1 Å². The van der Waals surface area contributed by atoms with Gasteiger partial charge in [0.25, 0.3) is 0 Å². The van der Waals surface area contributed by atoms with Crippen LogP contribution in [0.3, 0.4) is 0 Å². The van der Waals surface area contributed by atoms with Crippen molar-refractivity contribution in [1.29, 1.82) is 0 Å². The fraction of sp³-hybridized carbons (Fsp3) is 0.269. The van der Waals surface area contributed by atoms with Crippen molar-refractivity contribution in [1.82, 2.24) is 10.6 Å². The van der Waals surface area contributed by atoms with E-state index < -0.39 is 0 Å². The number of benzene rings is 3. The Hall–Kier alpha value is -2.76. The van der Waals surface area contributed by atoms with Crippen LogP contribution in [0.25, 0.3) is 0 Å². The van der Waals surface area contributed by atoms with E-state index in [0.717, 1.165) is 24.1 Å². The Labute approximate surface area is 190 Å². The van der Waals surface area contributed by atoms with Crippen molar-refractivity contribution < 1.29 is 4.39 Å². The third kappa shape index (κ3) is 6.61. The summed E-state index contributed by atoms with van der Waals surface area (Å²) in [4.78, 5) is 0. The monoisotopic (exact) mass is 435 g/mol. The second-order valence-corrected chi connectivity index (χ2v) is 7.97. The number of thiocarbonyl (C=S) groups is 1. The average Bonchev–Trinajstić information content (AvgIpc) is 2.81. The van der Waals surface area contributed by atoms with Crippen LogP contribution in [0.15, 0.2) is 84.9 Å². The van der Waals surface area contributed by atoms with Crippen LogP contribution in [0.4, 0.5) is 10.1 Å². The molecule has 3 nitrogen and oxygen atoms in total. The predicted octanol–water partition coefficient (Wildman–Crippen LogP) is 6.37. The number of halogens is 1. The van der Waals surface area contributed by atoms with Gasteiger partial charge in [0, 0.05) is 11.7 Å². The first-order valence-corrected chi connectivity index (χ1v) is 11.2. The zero-order chi connectivity index (χ0) is 22.1. The minimum absolute atomic E-state index is 0.0152. The van der Waals surface area contributed by atoms with Gasteiger partial charge in [0.2, 0.25) is 0 Å². The molecule has 3 aromatic rings. The van der Waals surface area contributed by atoms with Crippen molar-refractivity contribution in [2.45, 2.75) is 44.8 Å². The highest BCUT2D eigenvalue weighted by Gasteiger charge is 2.27. The SMILES string of the molecule is CCC(CC)NC(c1ccccc1)C(NC(=S)Nc1ccc(F)cc1)c1ccccc1. The summed E-state index contributed by atoms with van der Waals surface area (Å²) in [5.74, 6) is -0.273. The van der Waals surface area contributed by atoms with E-state index >= 15 is 0 Å². The summed E-state index contributed by atoms with van der Waals surface area (Å²) >= 11 is 5.64. The molecule has 0 saturated carbocycles. The van der Waals surface area contributed by atoms with E-state index in [0.29, 0.717) is 11.2 Å². The molecule has 0 spiro atoms. The van der Waals surface area contributed by atoms with E-state index in [4.69, 9.17) is 12.2 Å². The lowest BCUT2D eigenvalue weighted by Crippen LogP contribution is -2.43. The van der Waals surface area contributed by atoms with Crippen LogP contribution >= 0.6 is 12.2 Å². The maximum Gasteiger partial charge on any atom is 0.171 e. The molecule has 0 radical (unpaired) electrons. The lowest BCUT2D eigenvalue weighted by atomic mass is 9.92. The number of anilines is 1. The van der Waals surface area contributed by atoms with Crippen molar-refractivity contribution in [3.05, 3.63) is 102 Å². The van der Waals surface area contributed by atoms with Crippen LogP contribution in [0, 0.1) is 5.82 Å². The molecular formula is C26H30FN3S. The highest BCUT2D eigenvalue weighted by molar-refractivity contribution is 7.80. The van der Waals surface area contributed by atoms with Gasteiger partial charge in [0.15, 0.2) is 5.11 Å². The van der Waals surface area contributed by atoms with Crippen LogP contribution in [-0.4, -0.2) is 11.2 Å². The van der Waals surface area contributed by atoms with Gasteiger partial charge in [-0.3, -0.25) is 0 Å². The fourth-order valence-electron chi connectivity index (χ4n) is 3.68. The van der Waals surface area contributed by atoms with Gasteiger partial charge in [0.1, 0.15) is 5.82 Å². The molecule has 0 saturated heterocycles. The molecule has 2 unspecified atom stereocenters. The largest absolute Gasteiger partial charge is 0.354 e.